The van der Waals surface area contributed by atoms with E-state index >= 15 is 0 Å². The molecule has 2 aromatic rings. The minimum absolute atomic E-state index is 0.146. The van der Waals surface area contributed by atoms with Gasteiger partial charge in [-0.3, -0.25) is 0 Å². The molecule has 0 N–H and O–H groups in total. The largest absolute Gasteiger partial charge is 0.375 e. The first-order valence-corrected chi connectivity index (χ1v) is 8.36. The highest BCUT2D eigenvalue weighted by Gasteiger charge is 2.36. The van der Waals surface area contributed by atoms with Crippen LogP contribution < -0.4 is 4.90 Å². The van der Waals surface area contributed by atoms with Crippen LogP contribution >= 0.6 is 0 Å². The van der Waals surface area contributed by atoms with Gasteiger partial charge < -0.3 is 9.64 Å². The normalized spacial score (nSPS) is 25.8. The zero-order valence-corrected chi connectivity index (χ0v) is 13.2. The van der Waals surface area contributed by atoms with E-state index in [4.69, 9.17) is 4.74 Å². The van der Waals surface area contributed by atoms with Gasteiger partial charge >= 0.3 is 0 Å². The molecule has 2 aliphatic rings. The summed E-state index contributed by atoms with van der Waals surface area (Å²) in [6.07, 6.45) is 7.62. The number of anilines is 1. The third kappa shape index (κ3) is 2.45. The van der Waals surface area contributed by atoms with Crippen LogP contribution in [0.15, 0.2) is 24.5 Å². The minimum Gasteiger partial charge on any atom is -0.375 e. The Morgan fingerprint density at radius 3 is 2.86 bits per heavy atom. The van der Waals surface area contributed by atoms with E-state index in [0.717, 1.165) is 37.5 Å². The maximum atomic E-state index is 6.09. The summed E-state index contributed by atoms with van der Waals surface area (Å²) in [5.74, 6) is 1.09. The van der Waals surface area contributed by atoms with Crippen LogP contribution in [-0.4, -0.2) is 35.3 Å². The highest BCUT2D eigenvalue weighted by atomic mass is 16.5. The zero-order chi connectivity index (χ0) is 15.0. The molecule has 3 heterocycles. The van der Waals surface area contributed by atoms with Gasteiger partial charge in [0.25, 0.3) is 0 Å². The van der Waals surface area contributed by atoms with Gasteiger partial charge in [0.2, 0.25) is 0 Å². The Bertz CT molecular complexity index is 679. The van der Waals surface area contributed by atoms with Crippen LogP contribution in [0.2, 0.25) is 0 Å². The van der Waals surface area contributed by atoms with Gasteiger partial charge in [-0.1, -0.05) is 11.6 Å². The molecule has 1 spiro atoms. The monoisotopic (exact) mass is 297 g/mol. The number of benzene rings is 1. The average Bonchev–Trinajstić information content (AvgIpc) is 2.88. The average molecular weight is 297 g/mol. The van der Waals surface area contributed by atoms with E-state index < -0.39 is 0 Å². The summed E-state index contributed by atoms with van der Waals surface area (Å²) >= 11 is 0. The molecule has 1 aromatic heterocycles. The van der Waals surface area contributed by atoms with Crippen LogP contribution in [0.5, 0.6) is 0 Å². The molecule has 4 heteroatoms. The number of aromatic nitrogens is 2. The topological polar surface area (TPSA) is 38.2 Å². The first-order valence-electron chi connectivity index (χ1n) is 8.36. The van der Waals surface area contributed by atoms with Crippen LogP contribution in [0, 0.1) is 6.92 Å². The summed E-state index contributed by atoms with van der Waals surface area (Å²) in [5.41, 5.74) is 2.44. The SMILES string of the molecule is Cc1ccc2ncnc(N3CCCC4(CCCO4)CC3)c2c1. The number of rotatable bonds is 1. The quantitative estimate of drug-likeness (QED) is 0.808. The summed E-state index contributed by atoms with van der Waals surface area (Å²) in [6, 6.07) is 6.41. The molecule has 116 valence electrons. The Balaban J connectivity index is 1.65. The molecule has 0 radical (unpaired) electrons. The van der Waals surface area contributed by atoms with Crippen molar-refractivity contribution in [1.82, 2.24) is 9.97 Å². The molecule has 22 heavy (non-hydrogen) atoms. The molecule has 2 saturated heterocycles. The van der Waals surface area contributed by atoms with Crippen molar-refractivity contribution < 1.29 is 4.74 Å². The van der Waals surface area contributed by atoms with E-state index in [1.54, 1.807) is 6.33 Å². The lowest BCUT2D eigenvalue weighted by molar-refractivity contribution is -0.00492. The van der Waals surface area contributed by atoms with Gasteiger partial charge in [-0.15, -0.1) is 0 Å². The van der Waals surface area contributed by atoms with Crippen LogP contribution in [0.25, 0.3) is 10.9 Å². The third-order valence-electron chi connectivity index (χ3n) is 5.15. The van der Waals surface area contributed by atoms with Gasteiger partial charge in [0.15, 0.2) is 0 Å². The van der Waals surface area contributed by atoms with Crippen LogP contribution in [0.3, 0.4) is 0 Å². The highest BCUT2D eigenvalue weighted by molar-refractivity contribution is 5.89. The lowest BCUT2D eigenvalue weighted by Crippen LogP contribution is -2.31. The number of hydrogen-bond acceptors (Lipinski definition) is 4. The van der Waals surface area contributed by atoms with Crippen molar-refractivity contribution in [2.45, 2.75) is 44.6 Å². The summed E-state index contributed by atoms with van der Waals surface area (Å²) in [5, 5.41) is 1.17. The Labute approximate surface area is 131 Å². The Kier molecular flexibility index (Phi) is 3.49. The van der Waals surface area contributed by atoms with Crippen LogP contribution in [-0.2, 0) is 4.74 Å². The molecular formula is C18H23N3O. The van der Waals surface area contributed by atoms with Gasteiger partial charge in [0.1, 0.15) is 12.1 Å². The fourth-order valence-electron chi connectivity index (χ4n) is 3.94. The molecule has 0 saturated carbocycles. The summed E-state index contributed by atoms with van der Waals surface area (Å²) < 4.78 is 6.09. The summed E-state index contributed by atoms with van der Waals surface area (Å²) in [4.78, 5) is 11.4. The van der Waals surface area contributed by atoms with E-state index in [-0.39, 0.29) is 5.60 Å². The number of fused-ring (bicyclic) bond motifs is 1. The van der Waals surface area contributed by atoms with E-state index in [1.165, 1.54) is 36.6 Å². The van der Waals surface area contributed by atoms with Crippen molar-refractivity contribution in [1.29, 1.82) is 0 Å². The molecule has 1 atom stereocenters. The van der Waals surface area contributed by atoms with Gasteiger partial charge in [-0.05, 0) is 51.2 Å². The van der Waals surface area contributed by atoms with E-state index in [2.05, 4.69) is 40.0 Å². The van der Waals surface area contributed by atoms with Crippen molar-refractivity contribution >= 4 is 16.7 Å². The molecule has 2 aliphatic heterocycles. The van der Waals surface area contributed by atoms with Crippen molar-refractivity contribution in [3.63, 3.8) is 0 Å². The predicted molar refractivity (Wildman–Crippen MR) is 88.3 cm³/mol. The van der Waals surface area contributed by atoms with E-state index in [0.29, 0.717) is 0 Å². The second-order valence-corrected chi connectivity index (χ2v) is 6.69. The smallest absolute Gasteiger partial charge is 0.139 e. The van der Waals surface area contributed by atoms with E-state index in [1.807, 2.05) is 0 Å². The number of ether oxygens (including phenoxy) is 1. The van der Waals surface area contributed by atoms with Gasteiger partial charge in [0.05, 0.1) is 11.1 Å². The number of aryl methyl sites for hydroxylation is 1. The molecule has 0 bridgehead atoms. The summed E-state index contributed by atoms with van der Waals surface area (Å²) in [7, 11) is 0. The van der Waals surface area contributed by atoms with Crippen molar-refractivity contribution in [3.8, 4) is 0 Å². The third-order valence-corrected chi connectivity index (χ3v) is 5.15. The van der Waals surface area contributed by atoms with Crippen LogP contribution in [0.1, 0.15) is 37.7 Å². The molecule has 4 rings (SSSR count). The van der Waals surface area contributed by atoms with Crippen molar-refractivity contribution in [2.75, 3.05) is 24.6 Å². The molecule has 4 nitrogen and oxygen atoms in total. The lowest BCUT2D eigenvalue weighted by Gasteiger charge is -2.27. The molecule has 2 fully saturated rings. The molecule has 1 aromatic carbocycles. The lowest BCUT2D eigenvalue weighted by atomic mass is 9.92. The standard InChI is InChI=1S/C18H23N3O/c1-14-4-5-16-15(12-14)17(20-13-19-16)21-9-2-6-18(8-10-21)7-3-11-22-18/h4-5,12-13H,2-3,6-11H2,1H3. The fourth-order valence-corrected chi connectivity index (χ4v) is 3.94. The molecule has 0 aliphatic carbocycles. The maximum absolute atomic E-state index is 6.09. The predicted octanol–water partition coefficient (Wildman–Crippen LogP) is 3.48. The Hall–Kier alpha value is -1.68. The van der Waals surface area contributed by atoms with Gasteiger partial charge in [-0.25, -0.2) is 9.97 Å². The molecule has 1 unspecified atom stereocenters. The first-order chi connectivity index (χ1) is 10.8. The van der Waals surface area contributed by atoms with Crippen molar-refractivity contribution in [3.05, 3.63) is 30.1 Å². The molecule has 0 amide bonds. The zero-order valence-electron chi connectivity index (χ0n) is 13.2. The van der Waals surface area contributed by atoms with Crippen LogP contribution in [0.4, 0.5) is 5.82 Å². The number of nitrogens with zero attached hydrogens (tertiary/aromatic N) is 3. The van der Waals surface area contributed by atoms with Crippen molar-refractivity contribution in [2.24, 2.45) is 0 Å². The Morgan fingerprint density at radius 1 is 1.09 bits per heavy atom. The fraction of sp³-hybridized carbons (Fsp3) is 0.556. The molecular weight excluding hydrogens is 274 g/mol. The van der Waals surface area contributed by atoms with Gasteiger partial charge in [0, 0.05) is 25.1 Å². The second kappa shape index (κ2) is 5.51. The van der Waals surface area contributed by atoms with Gasteiger partial charge in [-0.2, -0.15) is 0 Å². The Morgan fingerprint density at radius 2 is 2.00 bits per heavy atom. The minimum atomic E-state index is 0.146. The maximum Gasteiger partial charge on any atom is 0.139 e. The summed E-state index contributed by atoms with van der Waals surface area (Å²) in [6.45, 7) is 5.15. The second-order valence-electron chi connectivity index (χ2n) is 6.69. The number of hydrogen-bond donors (Lipinski definition) is 0. The first kappa shape index (κ1) is 13.9. The highest BCUT2D eigenvalue weighted by Crippen LogP contribution is 2.37. The van der Waals surface area contributed by atoms with E-state index in [9.17, 15) is 0 Å².